The maximum Gasteiger partial charge on any atom is 0.285 e. The molecule has 5 rings (SSSR count). The van der Waals surface area contributed by atoms with E-state index < -0.39 is 11.5 Å². The lowest BCUT2D eigenvalue weighted by molar-refractivity contribution is 0.0359. The van der Waals surface area contributed by atoms with Gasteiger partial charge in [0, 0.05) is 56.0 Å². The number of aromatic amines is 1. The highest BCUT2D eigenvalue weighted by atomic mass is 35.5. The van der Waals surface area contributed by atoms with Crippen molar-refractivity contribution in [3.8, 4) is 17.0 Å². The Labute approximate surface area is 213 Å². The van der Waals surface area contributed by atoms with Crippen molar-refractivity contribution < 1.29 is 13.9 Å². The Morgan fingerprint density at radius 1 is 1.22 bits per heavy atom. The molecule has 2 aliphatic heterocycles. The maximum atomic E-state index is 14.6. The summed E-state index contributed by atoms with van der Waals surface area (Å²) in [4.78, 5) is 20.0. The molecule has 2 saturated heterocycles. The van der Waals surface area contributed by atoms with Crippen LogP contribution >= 0.6 is 11.6 Å². The Hall–Kier alpha value is -3.02. The average molecular weight is 518 g/mol. The third kappa shape index (κ3) is 5.23. The molecule has 2 aliphatic rings. The fourth-order valence-electron chi connectivity index (χ4n) is 4.88. The van der Waals surface area contributed by atoms with Gasteiger partial charge >= 0.3 is 0 Å². The summed E-state index contributed by atoms with van der Waals surface area (Å²) in [5, 5.41) is 11.0. The SMILES string of the molecule is Cc1nn(CCN2CCOCC2)c(C)c1-c1cc(F)nc(O[C@@H]2CCN(c3cn[nH]c(=O)c3Cl)C2)c1. The molecule has 2 fully saturated rings. The van der Waals surface area contributed by atoms with Crippen molar-refractivity contribution in [2.75, 3.05) is 50.8 Å². The van der Waals surface area contributed by atoms with Crippen molar-refractivity contribution in [3.63, 3.8) is 0 Å². The molecule has 0 unspecified atom stereocenters. The molecular weight excluding hydrogens is 489 g/mol. The van der Waals surface area contributed by atoms with Crippen LogP contribution < -0.4 is 15.2 Å². The molecule has 0 radical (unpaired) electrons. The minimum atomic E-state index is -0.612. The number of hydrogen-bond acceptors (Lipinski definition) is 8. The lowest BCUT2D eigenvalue weighted by Crippen LogP contribution is -2.38. The second-order valence-electron chi connectivity index (χ2n) is 9.11. The first-order valence-electron chi connectivity index (χ1n) is 12.1. The van der Waals surface area contributed by atoms with Crippen LogP contribution in [0.5, 0.6) is 5.88 Å². The van der Waals surface area contributed by atoms with E-state index in [1.807, 2.05) is 23.4 Å². The fraction of sp³-hybridized carbons (Fsp3) is 0.500. The number of morpholine rings is 1. The molecule has 1 N–H and O–H groups in total. The second kappa shape index (κ2) is 10.5. The lowest BCUT2D eigenvalue weighted by Gasteiger charge is -2.26. The van der Waals surface area contributed by atoms with Gasteiger partial charge in [-0.25, -0.2) is 5.10 Å². The smallest absolute Gasteiger partial charge is 0.285 e. The van der Waals surface area contributed by atoms with E-state index in [1.54, 1.807) is 6.07 Å². The van der Waals surface area contributed by atoms with Crippen LogP contribution in [0.25, 0.3) is 11.1 Å². The molecule has 1 atom stereocenters. The predicted octanol–water partition coefficient (Wildman–Crippen LogP) is 2.43. The van der Waals surface area contributed by atoms with Gasteiger partial charge in [-0.2, -0.15) is 19.6 Å². The number of halogens is 2. The molecular formula is C24H29ClFN7O3. The van der Waals surface area contributed by atoms with Crippen LogP contribution in [0.1, 0.15) is 17.8 Å². The number of nitrogens with zero attached hydrogens (tertiary/aromatic N) is 6. The third-order valence-electron chi connectivity index (χ3n) is 6.72. The molecule has 3 aromatic heterocycles. The Morgan fingerprint density at radius 2 is 2.03 bits per heavy atom. The Morgan fingerprint density at radius 3 is 2.83 bits per heavy atom. The van der Waals surface area contributed by atoms with E-state index in [2.05, 4.69) is 20.1 Å². The molecule has 0 bridgehead atoms. The van der Waals surface area contributed by atoms with E-state index in [9.17, 15) is 9.18 Å². The van der Waals surface area contributed by atoms with E-state index in [0.717, 1.165) is 56.3 Å². The van der Waals surface area contributed by atoms with Crippen LogP contribution in [-0.2, 0) is 11.3 Å². The molecule has 5 heterocycles. The van der Waals surface area contributed by atoms with Crippen molar-refractivity contribution in [1.29, 1.82) is 0 Å². The van der Waals surface area contributed by atoms with Gasteiger partial charge in [0.15, 0.2) is 0 Å². The van der Waals surface area contributed by atoms with Crippen molar-refractivity contribution >= 4 is 17.3 Å². The standard InChI is InChI=1S/C24H29ClFN7O3/c1-15-22(16(2)33(30-15)6-5-31-7-9-35-10-8-31)17-11-20(26)28-21(12-17)36-18-3-4-32(14-18)19-13-27-29-24(34)23(19)25/h11-13,18H,3-10,14H2,1-2H3,(H,29,34)/t18-/m1/s1. The Kier molecular flexibility index (Phi) is 7.22. The van der Waals surface area contributed by atoms with Crippen LogP contribution in [0.4, 0.5) is 10.1 Å². The van der Waals surface area contributed by atoms with Crippen molar-refractivity contribution in [2.24, 2.45) is 0 Å². The van der Waals surface area contributed by atoms with Crippen LogP contribution in [0.3, 0.4) is 0 Å². The summed E-state index contributed by atoms with van der Waals surface area (Å²) in [6, 6.07) is 3.18. The highest BCUT2D eigenvalue weighted by Gasteiger charge is 2.27. The van der Waals surface area contributed by atoms with Crippen LogP contribution in [-0.4, -0.2) is 81.9 Å². The number of rotatable bonds is 7. The highest BCUT2D eigenvalue weighted by molar-refractivity contribution is 6.33. The first-order valence-corrected chi connectivity index (χ1v) is 12.4. The van der Waals surface area contributed by atoms with Gasteiger partial charge in [-0.1, -0.05) is 11.6 Å². The molecule has 0 saturated carbocycles. The molecule has 0 aliphatic carbocycles. The minimum Gasteiger partial charge on any atom is -0.472 e. The molecule has 36 heavy (non-hydrogen) atoms. The number of H-pyrrole nitrogens is 1. The zero-order chi connectivity index (χ0) is 25.2. The van der Waals surface area contributed by atoms with E-state index in [-0.39, 0.29) is 17.0 Å². The summed E-state index contributed by atoms with van der Waals surface area (Å²) >= 11 is 6.14. The molecule has 3 aromatic rings. The predicted molar refractivity (Wildman–Crippen MR) is 133 cm³/mol. The largest absolute Gasteiger partial charge is 0.472 e. The molecule has 192 valence electrons. The maximum absolute atomic E-state index is 14.6. The van der Waals surface area contributed by atoms with Crippen molar-refractivity contribution in [2.45, 2.75) is 32.9 Å². The van der Waals surface area contributed by atoms with E-state index in [0.29, 0.717) is 30.8 Å². The number of ether oxygens (including phenoxy) is 2. The Bertz CT molecular complexity index is 1290. The first-order chi connectivity index (χ1) is 17.4. The average Bonchev–Trinajstić information content (AvgIpc) is 3.43. The van der Waals surface area contributed by atoms with Gasteiger partial charge < -0.3 is 14.4 Å². The van der Waals surface area contributed by atoms with Crippen LogP contribution in [0, 0.1) is 19.8 Å². The van der Waals surface area contributed by atoms with Gasteiger partial charge in [0.1, 0.15) is 11.1 Å². The van der Waals surface area contributed by atoms with E-state index in [4.69, 9.17) is 26.2 Å². The number of anilines is 1. The van der Waals surface area contributed by atoms with Gasteiger partial charge in [0.2, 0.25) is 11.8 Å². The second-order valence-corrected chi connectivity index (χ2v) is 9.49. The van der Waals surface area contributed by atoms with Crippen molar-refractivity contribution in [3.05, 3.63) is 51.0 Å². The monoisotopic (exact) mass is 517 g/mol. The summed E-state index contributed by atoms with van der Waals surface area (Å²) in [7, 11) is 0. The number of aromatic nitrogens is 5. The van der Waals surface area contributed by atoms with E-state index >= 15 is 0 Å². The van der Waals surface area contributed by atoms with Crippen molar-refractivity contribution in [1.82, 2.24) is 29.9 Å². The van der Waals surface area contributed by atoms with Gasteiger partial charge in [-0.3, -0.25) is 14.4 Å². The number of nitrogens with one attached hydrogen (secondary N) is 1. The lowest BCUT2D eigenvalue weighted by atomic mass is 10.1. The quantitative estimate of drug-likeness (QED) is 0.477. The molecule has 0 aromatic carbocycles. The number of pyridine rings is 1. The first kappa shape index (κ1) is 24.7. The summed E-state index contributed by atoms with van der Waals surface area (Å²) in [5.74, 6) is -0.397. The minimum absolute atomic E-state index is 0.0911. The molecule has 10 nitrogen and oxygen atoms in total. The van der Waals surface area contributed by atoms with Crippen LogP contribution in [0.2, 0.25) is 5.02 Å². The van der Waals surface area contributed by atoms with E-state index in [1.165, 1.54) is 12.3 Å². The molecule has 0 amide bonds. The summed E-state index contributed by atoms with van der Waals surface area (Å²) in [6.45, 7) is 10.0. The van der Waals surface area contributed by atoms with Gasteiger partial charge in [0.25, 0.3) is 5.56 Å². The highest BCUT2D eigenvalue weighted by Crippen LogP contribution is 2.31. The summed E-state index contributed by atoms with van der Waals surface area (Å²) in [6.07, 6.45) is 1.96. The Balaban J connectivity index is 1.30. The topological polar surface area (TPSA) is 101 Å². The summed E-state index contributed by atoms with van der Waals surface area (Å²) < 4.78 is 28.0. The fourth-order valence-corrected chi connectivity index (χ4v) is 5.09. The number of hydrogen-bond donors (Lipinski definition) is 1. The molecule has 0 spiro atoms. The van der Waals surface area contributed by atoms with Crippen LogP contribution in [0.15, 0.2) is 23.1 Å². The third-order valence-corrected chi connectivity index (χ3v) is 7.09. The summed E-state index contributed by atoms with van der Waals surface area (Å²) in [5.41, 5.74) is 3.48. The normalized spacial score (nSPS) is 18.7. The molecule has 12 heteroatoms. The zero-order valence-corrected chi connectivity index (χ0v) is 21.1. The zero-order valence-electron chi connectivity index (χ0n) is 20.3. The number of aryl methyl sites for hydroxylation is 1. The van der Waals surface area contributed by atoms with Gasteiger partial charge in [-0.15, -0.1) is 0 Å². The van der Waals surface area contributed by atoms with Gasteiger partial charge in [0.05, 0.1) is 43.9 Å². The van der Waals surface area contributed by atoms with Gasteiger partial charge in [-0.05, 0) is 19.4 Å².